The maximum absolute atomic E-state index is 12.0. The number of likely N-dealkylation sites (N-methyl/N-ethyl adjacent to an activating group) is 1. The van der Waals surface area contributed by atoms with Gasteiger partial charge in [0.15, 0.2) is 0 Å². The SMILES string of the molecule is C/C=C/C(=O)N1CCC[C@@H](NC2=C3C=CNC3N(C)C=N2)C1. The fourth-order valence-corrected chi connectivity index (χ4v) is 3.10. The van der Waals surface area contributed by atoms with E-state index in [9.17, 15) is 4.79 Å². The van der Waals surface area contributed by atoms with E-state index < -0.39 is 0 Å². The first-order valence-electron chi connectivity index (χ1n) is 7.80. The summed E-state index contributed by atoms with van der Waals surface area (Å²) in [6.07, 6.45) is 11.5. The highest BCUT2D eigenvalue weighted by Crippen LogP contribution is 2.22. The van der Waals surface area contributed by atoms with Crippen LogP contribution >= 0.6 is 0 Å². The largest absolute Gasteiger partial charge is 0.367 e. The molecule has 2 atom stereocenters. The number of allylic oxidation sites excluding steroid dienone is 1. The molecule has 1 saturated heterocycles. The number of carbonyl (C=O) groups is 1. The second-order valence-electron chi connectivity index (χ2n) is 5.88. The van der Waals surface area contributed by atoms with Crippen LogP contribution in [0.4, 0.5) is 0 Å². The van der Waals surface area contributed by atoms with E-state index in [-0.39, 0.29) is 18.1 Å². The van der Waals surface area contributed by atoms with E-state index in [1.165, 1.54) is 0 Å². The third-order valence-corrected chi connectivity index (χ3v) is 4.24. The Kier molecular flexibility index (Phi) is 4.18. The molecule has 1 unspecified atom stereocenters. The van der Waals surface area contributed by atoms with Crippen LogP contribution in [-0.2, 0) is 4.79 Å². The molecular formula is C16H23N5O. The van der Waals surface area contributed by atoms with Crippen molar-refractivity contribution in [2.24, 2.45) is 4.99 Å². The summed E-state index contributed by atoms with van der Waals surface area (Å²) in [6, 6.07) is 0.251. The van der Waals surface area contributed by atoms with Gasteiger partial charge in [0.05, 0.1) is 6.34 Å². The lowest BCUT2D eigenvalue weighted by Gasteiger charge is -2.35. The normalized spacial score (nSPS) is 27.4. The number of aliphatic imine (C=N–C) groups is 1. The molecule has 6 heteroatoms. The number of fused-ring (bicyclic) bond motifs is 1. The average Bonchev–Trinajstić information content (AvgIpc) is 3.01. The highest BCUT2D eigenvalue weighted by Gasteiger charge is 2.28. The summed E-state index contributed by atoms with van der Waals surface area (Å²) in [4.78, 5) is 20.5. The second kappa shape index (κ2) is 6.25. The van der Waals surface area contributed by atoms with E-state index in [4.69, 9.17) is 0 Å². The lowest BCUT2D eigenvalue weighted by molar-refractivity contribution is -0.127. The van der Waals surface area contributed by atoms with Gasteiger partial charge in [0.25, 0.3) is 0 Å². The summed E-state index contributed by atoms with van der Waals surface area (Å²) in [5.74, 6) is 1.01. The Morgan fingerprint density at radius 1 is 1.55 bits per heavy atom. The minimum atomic E-state index is 0.0961. The minimum absolute atomic E-state index is 0.0961. The molecule has 118 valence electrons. The molecule has 0 spiro atoms. The molecule has 3 aliphatic rings. The second-order valence-corrected chi connectivity index (χ2v) is 5.88. The van der Waals surface area contributed by atoms with Gasteiger partial charge in [-0.25, -0.2) is 4.99 Å². The Hall–Kier alpha value is -2.24. The van der Waals surface area contributed by atoms with Crippen molar-refractivity contribution in [3.63, 3.8) is 0 Å². The molecule has 0 aromatic heterocycles. The number of nitrogens with one attached hydrogen (secondary N) is 2. The number of piperidine rings is 1. The van der Waals surface area contributed by atoms with E-state index in [0.717, 1.165) is 37.3 Å². The maximum Gasteiger partial charge on any atom is 0.246 e. The van der Waals surface area contributed by atoms with Crippen LogP contribution in [0, 0.1) is 0 Å². The summed E-state index contributed by atoms with van der Waals surface area (Å²) < 4.78 is 0. The number of likely N-dealkylation sites (tertiary alicyclic amines) is 1. The van der Waals surface area contributed by atoms with Gasteiger partial charge in [-0.1, -0.05) is 6.08 Å². The molecule has 2 N–H and O–H groups in total. The van der Waals surface area contributed by atoms with Gasteiger partial charge in [-0.3, -0.25) is 4.79 Å². The fraction of sp³-hybridized carbons (Fsp3) is 0.500. The first-order valence-corrected chi connectivity index (χ1v) is 7.80. The third-order valence-electron chi connectivity index (χ3n) is 4.24. The Morgan fingerprint density at radius 3 is 3.23 bits per heavy atom. The Labute approximate surface area is 131 Å². The first kappa shape index (κ1) is 14.7. The van der Waals surface area contributed by atoms with Gasteiger partial charge in [-0.2, -0.15) is 0 Å². The number of hydrogen-bond donors (Lipinski definition) is 2. The summed E-state index contributed by atoms with van der Waals surface area (Å²) in [6.45, 7) is 3.44. The molecule has 0 bridgehead atoms. The van der Waals surface area contributed by atoms with Gasteiger partial charge in [0.1, 0.15) is 12.0 Å². The zero-order valence-electron chi connectivity index (χ0n) is 13.1. The first-order chi connectivity index (χ1) is 10.7. The molecule has 22 heavy (non-hydrogen) atoms. The molecule has 1 amide bonds. The van der Waals surface area contributed by atoms with Gasteiger partial charge >= 0.3 is 0 Å². The molecule has 0 radical (unpaired) electrons. The summed E-state index contributed by atoms with van der Waals surface area (Å²) >= 11 is 0. The maximum atomic E-state index is 12.0. The summed E-state index contributed by atoms with van der Waals surface area (Å²) in [5.41, 5.74) is 1.15. The number of rotatable bonds is 3. The van der Waals surface area contributed by atoms with Crippen LogP contribution in [-0.4, -0.2) is 54.4 Å². The minimum Gasteiger partial charge on any atom is -0.367 e. The van der Waals surface area contributed by atoms with E-state index in [0.29, 0.717) is 0 Å². The smallest absolute Gasteiger partial charge is 0.246 e. The van der Waals surface area contributed by atoms with E-state index in [2.05, 4.69) is 21.7 Å². The van der Waals surface area contributed by atoms with Gasteiger partial charge in [-0.15, -0.1) is 0 Å². The average molecular weight is 301 g/mol. The highest BCUT2D eigenvalue weighted by molar-refractivity contribution is 5.87. The van der Waals surface area contributed by atoms with Crippen LogP contribution in [0.1, 0.15) is 19.8 Å². The molecule has 6 nitrogen and oxygen atoms in total. The van der Waals surface area contributed by atoms with Crippen molar-refractivity contribution < 1.29 is 4.79 Å². The number of amides is 1. The predicted molar refractivity (Wildman–Crippen MR) is 86.9 cm³/mol. The Bertz CT molecular complexity index is 563. The molecule has 0 aromatic carbocycles. The van der Waals surface area contributed by atoms with E-state index in [1.807, 2.05) is 36.3 Å². The van der Waals surface area contributed by atoms with Crippen molar-refractivity contribution in [3.05, 3.63) is 35.8 Å². The number of hydrogen-bond acceptors (Lipinski definition) is 5. The molecule has 1 fully saturated rings. The molecule has 0 aromatic rings. The van der Waals surface area contributed by atoms with Crippen LogP contribution in [0.3, 0.4) is 0 Å². The summed E-state index contributed by atoms with van der Waals surface area (Å²) in [7, 11) is 2.00. The van der Waals surface area contributed by atoms with Crippen molar-refractivity contribution >= 4 is 12.2 Å². The molecule has 3 heterocycles. The van der Waals surface area contributed by atoms with Crippen molar-refractivity contribution in [2.75, 3.05) is 20.1 Å². The number of nitrogens with zero attached hydrogens (tertiary/aromatic N) is 3. The molecule has 0 aliphatic carbocycles. The monoisotopic (exact) mass is 301 g/mol. The molecule has 3 rings (SSSR count). The standard InChI is InChI=1S/C16H23N5O/c1-3-5-14(22)21-9-4-6-12(10-21)19-15-13-7-8-17-16(13)20(2)11-18-15/h3,5,7-8,11-12,16-17,19H,4,6,9-10H2,1-2H3/b5-3+/t12-,16?/m1/s1. The zero-order chi connectivity index (χ0) is 15.5. The van der Waals surface area contributed by atoms with Crippen molar-refractivity contribution in [1.82, 2.24) is 20.4 Å². The van der Waals surface area contributed by atoms with Gasteiger partial charge in [0.2, 0.25) is 5.91 Å². The van der Waals surface area contributed by atoms with Gasteiger partial charge < -0.3 is 20.4 Å². The lowest BCUT2D eigenvalue weighted by Crippen LogP contribution is -2.49. The van der Waals surface area contributed by atoms with Crippen LogP contribution in [0.15, 0.2) is 40.8 Å². The predicted octanol–water partition coefficient (Wildman–Crippen LogP) is 0.771. The molecule has 3 aliphatic heterocycles. The van der Waals surface area contributed by atoms with Crippen LogP contribution in [0.25, 0.3) is 0 Å². The van der Waals surface area contributed by atoms with Gasteiger partial charge in [-0.05, 0) is 38.1 Å². The topological polar surface area (TPSA) is 60.0 Å². The van der Waals surface area contributed by atoms with Crippen LogP contribution in [0.5, 0.6) is 0 Å². The van der Waals surface area contributed by atoms with Crippen LogP contribution in [0.2, 0.25) is 0 Å². The van der Waals surface area contributed by atoms with Crippen molar-refractivity contribution in [1.29, 1.82) is 0 Å². The highest BCUT2D eigenvalue weighted by atomic mass is 16.2. The molecular weight excluding hydrogens is 278 g/mol. The van der Waals surface area contributed by atoms with Crippen molar-refractivity contribution in [2.45, 2.75) is 32.0 Å². The van der Waals surface area contributed by atoms with Crippen LogP contribution < -0.4 is 10.6 Å². The number of carbonyl (C=O) groups excluding carboxylic acids is 1. The zero-order valence-corrected chi connectivity index (χ0v) is 13.1. The Balaban J connectivity index is 1.68. The van der Waals surface area contributed by atoms with Gasteiger partial charge in [0, 0.05) is 31.8 Å². The fourth-order valence-electron chi connectivity index (χ4n) is 3.10. The van der Waals surface area contributed by atoms with E-state index in [1.54, 1.807) is 12.2 Å². The quantitative estimate of drug-likeness (QED) is 0.756. The molecule has 0 saturated carbocycles. The summed E-state index contributed by atoms with van der Waals surface area (Å²) in [5, 5.41) is 6.82. The lowest BCUT2D eigenvalue weighted by atomic mass is 10.0. The third kappa shape index (κ3) is 2.86. The Morgan fingerprint density at radius 2 is 2.41 bits per heavy atom. The van der Waals surface area contributed by atoms with E-state index >= 15 is 0 Å². The van der Waals surface area contributed by atoms with Crippen molar-refractivity contribution in [3.8, 4) is 0 Å².